The lowest BCUT2D eigenvalue weighted by atomic mass is 10.0. The molecular formula is C22H25N5OS. The Morgan fingerprint density at radius 1 is 1.21 bits per heavy atom. The van der Waals surface area contributed by atoms with E-state index in [2.05, 4.69) is 46.1 Å². The molecule has 3 rings (SSSR count). The average Bonchev–Trinajstić information content (AvgIpc) is 3.16. The van der Waals surface area contributed by atoms with E-state index in [-0.39, 0.29) is 17.7 Å². The molecule has 0 saturated heterocycles. The van der Waals surface area contributed by atoms with E-state index in [0.29, 0.717) is 11.7 Å². The second-order valence-corrected chi connectivity index (χ2v) is 7.49. The third-order valence-electron chi connectivity index (χ3n) is 4.41. The van der Waals surface area contributed by atoms with Crippen molar-refractivity contribution in [1.82, 2.24) is 25.1 Å². The van der Waals surface area contributed by atoms with E-state index >= 15 is 0 Å². The van der Waals surface area contributed by atoms with Crippen LogP contribution in [0.2, 0.25) is 0 Å². The summed E-state index contributed by atoms with van der Waals surface area (Å²) in [4.78, 5) is 16.6. The van der Waals surface area contributed by atoms with Gasteiger partial charge in [-0.05, 0) is 24.1 Å². The lowest BCUT2D eigenvalue weighted by Crippen LogP contribution is -2.30. The van der Waals surface area contributed by atoms with Crippen LogP contribution >= 0.6 is 11.8 Å². The van der Waals surface area contributed by atoms with E-state index < -0.39 is 0 Å². The van der Waals surface area contributed by atoms with Crippen molar-refractivity contribution < 1.29 is 4.79 Å². The Bertz CT molecular complexity index is 927. The fraction of sp³-hybridized carbons (Fsp3) is 0.273. The van der Waals surface area contributed by atoms with Crippen molar-refractivity contribution in [3.8, 4) is 11.4 Å². The molecule has 0 spiro atoms. The van der Waals surface area contributed by atoms with Gasteiger partial charge in [-0.15, -0.1) is 16.8 Å². The standard InChI is InChI=1S/C22H25N5OS/c1-3-8-19(17-9-6-5-7-10-17)24-20(28)16-29-22-26-25-21(27(22)15-4-2)18-11-13-23-14-12-18/h4-7,9-14,19H,2-3,8,15-16H2,1H3,(H,24,28)/t19-/m1/s1. The van der Waals surface area contributed by atoms with Crippen LogP contribution in [-0.4, -0.2) is 31.4 Å². The van der Waals surface area contributed by atoms with Crippen LogP contribution in [0.5, 0.6) is 0 Å². The highest BCUT2D eigenvalue weighted by atomic mass is 32.2. The van der Waals surface area contributed by atoms with Gasteiger partial charge in [0.25, 0.3) is 0 Å². The normalized spacial score (nSPS) is 11.8. The number of carbonyl (C=O) groups is 1. The van der Waals surface area contributed by atoms with Crippen LogP contribution in [-0.2, 0) is 11.3 Å². The second-order valence-electron chi connectivity index (χ2n) is 6.55. The van der Waals surface area contributed by atoms with E-state index in [0.717, 1.165) is 29.8 Å². The van der Waals surface area contributed by atoms with Gasteiger partial charge in [-0.1, -0.05) is 61.5 Å². The Balaban J connectivity index is 1.68. The number of rotatable bonds is 10. The van der Waals surface area contributed by atoms with Crippen molar-refractivity contribution in [2.24, 2.45) is 0 Å². The average molecular weight is 408 g/mol. The minimum Gasteiger partial charge on any atom is -0.349 e. The van der Waals surface area contributed by atoms with Crippen molar-refractivity contribution in [1.29, 1.82) is 0 Å². The number of hydrogen-bond donors (Lipinski definition) is 1. The summed E-state index contributed by atoms with van der Waals surface area (Å²) in [6.07, 6.45) is 7.14. The van der Waals surface area contributed by atoms with Gasteiger partial charge in [-0.25, -0.2) is 0 Å². The number of pyridine rings is 1. The summed E-state index contributed by atoms with van der Waals surface area (Å²) in [7, 11) is 0. The Kier molecular flexibility index (Phi) is 7.58. The van der Waals surface area contributed by atoms with Gasteiger partial charge in [-0.3, -0.25) is 14.3 Å². The van der Waals surface area contributed by atoms with E-state index in [1.54, 1.807) is 18.5 Å². The molecule has 0 fully saturated rings. The van der Waals surface area contributed by atoms with Crippen molar-refractivity contribution in [3.05, 3.63) is 73.1 Å². The smallest absolute Gasteiger partial charge is 0.230 e. The maximum Gasteiger partial charge on any atom is 0.230 e. The quantitative estimate of drug-likeness (QED) is 0.401. The molecule has 6 nitrogen and oxygen atoms in total. The van der Waals surface area contributed by atoms with Crippen LogP contribution in [0.4, 0.5) is 0 Å². The minimum atomic E-state index is -0.0177. The highest BCUT2D eigenvalue weighted by Crippen LogP contribution is 2.24. The van der Waals surface area contributed by atoms with Crippen molar-refractivity contribution >= 4 is 17.7 Å². The number of nitrogens with one attached hydrogen (secondary N) is 1. The van der Waals surface area contributed by atoms with Crippen LogP contribution < -0.4 is 5.32 Å². The molecular weight excluding hydrogens is 382 g/mol. The Hall–Kier alpha value is -2.93. The summed E-state index contributed by atoms with van der Waals surface area (Å²) < 4.78 is 1.96. The molecule has 0 saturated carbocycles. The van der Waals surface area contributed by atoms with Crippen LogP contribution in [0.15, 0.2) is 72.7 Å². The second kappa shape index (κ2) is 10.6. The first-order valence-corrected chi connectivity index (χ1v) is 10.6. The van der Waals surface area contributed by atoms with E-state index in [9.17, 15) is 4.79 Å². The highest BCUT2D eigenvalue weighted by Gasteiger charge is 2.17. The summed E-state index contributed by atoms with van der Waals surface area (Å²) in [6, 6.07) is 13.9. The number of thioether (sulfide) groups is 1. The molecule has 7 heteroatoms. The molecule has 0 aliphatic carbocycles. The molecule has 0 radical (unpaired) electrons. The minimum absolute atomic E-state index is 0.0177. The topological polar surface area (TPSA) is 72.7 Å². The molecule has 1 amide bonds. The molecule has 1 aromatic carbocycles. The van der Waals surface area contributed by atoms with Gasteiger partial charge in [0.1, 0.15) is 0 Å². The summed E-state index contributed by atoms with van der Waals surface area (Å²) >= 11 is 1.38. The van der Waals surface area contributed by atoms with Gasteiger partial charge in [0.2, 0.25) is 5.91 Å². The predicted octanol–water partition coefficient (Wildman–Crippen LogP) is 4.28. The van der Waals surface area contributed by atoms with Crippen molar-refractivity contribution in [2.75, 3.05) is 5.75 Å². The predicted molar refractivity (Wildman–Crippen MR) is 116 cm³/mol. The highest BCUT2D eigenvalue weighted by molar-refractivity contribution is 7.99. The molecule has 1 atom stereocenters. The summed E-state index contributed by atoms with van der Waals surface area (Å²) in [5.74, 6) is 0.998. The number of carbonyl (C=O) groups excluding carboxylic acids is 1. The van der Waals surface area contributed by atoms with E-state index in [4.69, 9.17) is 0 Å². The van der Waals surface area contributed by atoms with Crippen LogP contribution in [0.3, 0.4) is 0 Å². The van der Waals surface area contributed by atoms with Gasteiger partial charge in [0.05, 0.1) is 11.8 Å². The zero-order valence-electron chi connectivity index (χ0n) is 16.5. The Labute approximate surface area is 175 Å². The SMILES string of the molecule is C=CCn1c(SCC(=O)N[C@H](CCC)c2ccccc2)nnc1-c1ccncc1. The number of nitrogens with zero attached hydrogens (tertiary/aromatic N) is 4. The lowest BCUT2D eigenvalue weighted by Gasteiger charge is -2.18. The molecule has 0 aliphatic rings. The molecule has 2 aromatic heterocycles. The van der Waals surface area contributed by atoms with Crippen molar-refractivity contribution in [3.63, 3.8) is 0 Å². The van der Waals surface area contributed by atoms with Gasteiger partial charge in [-0.2, -0.15) is 0 Å². The van der Waals surface area contributed by atoms with Crippen LogP contribution in [0, 0.1) is 0 Å². The van der Waals surface area contributed by atoms with Gasteiger partial charge in [0.15, 0.2) is 11.0 Å². The summed E-state index contributed by atoms with van der Waals surface area (Å²) in [6.45, 7) is 6.51. The molecule has 0 bridgehead atoms. The third-order valence-corrected chi connectivity index (χ3v) is 5.38. The van der Waals surface area contributed by atoms with Crippen molar-refractivity contribution in [2.45, 2.75) is 37.5 Å². The number of aromatic nitrogens is 4. The maximum atomic E-state index is 12.6. The number of benzene rings is 1. The number of hydrogen-bond acceptors (Lipinski definition) is 5. The monoisotopic (exact) mass is 407 g/mol. The first kappa shape index (κ1) is 20.8. The molecule has 150 valence electrons. The molecule has 29 heavy (non-hydrogen) atoms. The largest absolute Gasteiger partial charge is 0.349 e. The lowest BCUT2D eigenvalue weighted by molar-refractivity contribution is -0.119. The first-order valence-electron chi connectivity index (χ1n) is 9.64. The molecule has 0 aliphatic heterocycles. The number of allylic oxidation sites excluding steroid dienone is 1. The molecule has 3 aromatic rings. The maximum absolute atomic E-state index is 12.6. The van der Waals surface area contributed by atoms with Gasteiger partial charge >= 0.3 is 0 Å². The van der Waals surface area contributed by atoms with E-state index in [1.165, 1.54) is 11.8 Å². The Morgan fingerprint density at radius 3 is 2.66 bits per heavy atom. The van der Waals surface area contributed by atoms with Gasteiger partial charge < -0.3 is 5.32 Å². The summed E-state index contributed by atoms with van der Waals surface area (Å²) in [5, 5.41) is 12.4. The zero-order valence-corrected chi connectivity index (χ0v) is 17.3. The summed E-state index contributed by atoms with van der Waals surface area (Å²) in [5.41, 5.74) is 2.06. The van der Waals surface area contributed by atoms with Gasteiger partial charge in [0, 0.05) is 24.5 Å². The molecule has 2 heterocycles. The molecule has 1 N–H and O–H groups in total. The first-order chi connectivity index (χ1) is 14.2. The third kappa shape index (κ3) is 5.54. The fourth-order valence-electron chi connectivity index (χ4n) is 3.07. The fourth-order valence-corrected chi connectivity index (χ4v) is 3.82. The van der Waals surface area contributed by atoms with E-state index in [1.807, 2.05) is 34.9 Å². The molecule has 0 unspecified atom stereocenters. The van der Waals surface area contributed by atoms with Crippen LogP contribution in [0.25, 0.3) is 11.4 Å². The Morgan fingerprint density at radius 2 is 1.97 bits per heavy atom. The van der Waals surface area contributed by atoms with Crippen LogP contribution in [0.1, 0.15) is 31.4 Å². The zero-order chi connectivity index (χ0) is 20.5. The number of amides is 1.